The normalized spacial score (nSPS) is 15.6. The topological polar surface area (TPSA) is 52.7 Å². The minimum atomic E-state index is -0.646. The molecule has 33 heavy (non-hydrogen) atoms. The fourth-order valence-corrected chi connectivity index (χ4v) is 4.37. The lowest BCUT2D eigenvalue weighted by Gasteiger charge is -2.30. The molecule has 0 spiro atoms. The molecule has 6 heteroatoms. The van der Waals surface area contributed by atoms with Crippen molar-refractivity contribution in [2.75, 3.05) is 16.8 Å². The summed E-state index contributed by atoms with van der Waals surface area (Å²) in [6.07, 6.45) is 0.802. The Morgan fingerprint density at radius 2 is 1.70 bits per heavy atom. The molecule has 5 nitrogen and oxygen atoms in total. The van der Waals surface area contributed by atoms with Crippen molar-refractivity contribution in [2.24, 2.45) is 0 Å². The molecule has 1 heterocycles. The molecule has 4 rings (SSSR count). The minimum absolute atomic E-state index is 0.0944. The second-order valence-electron chi connectivity index (χ2n) is 8.35. The summed E-state index contributed by atoms with van der Waals surface area (Å²) < 4.78 is 0. The highest BCUT2D eigenvalue weighted by atomic mass is 32.1. The van der Waals surface area contributed by atoms with E-state index in [9.17, 15) is 9.59 Å². The maximum absolute atomic E-state index is 13.4. The van der Waals surface area contributed by atoms with Crippen LogP contribution in [0, 0.1) is 13.8 Å². The van der Waals surface area contributed by atoms with E-state index in [4.69, 9.17) is 12.2 Å². The minimum Gasteiger partial charge on any atom is -0.336 e. The summed E-state index contributed by atoms with van der Waals surface area (Å²) in [6, 6.07) is 24.8. The number of rotatable bonds is 6. The van der Waals surface area contributed by atoms with Gasteiger partial charge in [0.15, 0.2) is 5.11 Å². The van der Waals surface area contributed by atoms with Crippen LogP contribution >= 0.6 is 12.2 Å². The monoisotopic (exact) mass is 457 g/mol. The quantitative estimate of drug-likeness (QED) is 0.422. The number of carbonyl (C=O) groups excluding carboxylic acids is 2. The van der Waals surface area contributed by atoms with Crippen molar-refractivity contribution in [3.63, 3.8) is 0 Å². The Kier molecular flexibility index (Phi) is 6.84. The van der Waals surface area contributed by atoms with Gasteiger partial charge in [-0.05, 0) is 67.9 Å². The van der Waals surface area contributed by atoms with Crippen molar-refractivity contribution < 1.29 is 9.59 Å². The Morgan fingerprint density at radius 3 is 2.39 bits per heavy atom. The Morgan fingerprint density at radius 1 is 0.970 bits per heavy atom. The Bertz CT molecular complexity index is 1160. The third-order valence-corrected chi connectivity index (χ3v) is 6.14. The first kappa shape index (κ1) is 22.7. The molecule has 0 radical (unpaired) electrons. The third kappa shape index (κ3) is 5.29. The van der Waals surface area contributed by atoms with Crippen LogP contribution in [0.5, 0.6) is 0 Å². The van der Waals surface area contributed by atoms with Crippen LogP contribution in [0.3, 0.4) is 0 Å². The van der Waals surface area contributed by atoms with E-state index in [2.05, 4.69) is 17.4 Å². The summed E-state index contributed by atoms with van der Waals surface area (Å²) in [5.41, 5.74) is 4.78. The molecule has 0 bridgehead atoms. The van der Waals surface area contributed by atoms with Gasteiger partial charge in [-0.25, -0.2) is 4.90 Å². The average molecular weight is 458 g/mol. The van der Waals surface area contributed by atoms with Gasteiger partial charge >= 0.3 is 0 Å². The van der Waals surface area contributed by atoms with Gasteiger partial charge in [0, 0.05) is 12.2 Å². The van der Waals surface area contributed by atoms with Crippen LogP contribution in [0.25, 0.3) is 0 Å². The standard InChI is InChI=1S/C27H27N3O2S/c1-19-11-13-23(14-12-19)30-25(31)18-24(26(30)32)29(16-15-21-8-4-3-5-9-21)27(33)28-22-10-6-7-20(2)17-22/h3-14,17,24H,15-16,18H2,1-2H3,(H,28,33). The van der Waals surface area contributed by atoms with E-state index in [0.717, 1.165) is 22.4 Å². The zero-order valence-corrected chi connectivity index (χ0v) is 19.6. The van der Waals surface area contributed by atoms with Gasteiger partial charge in [-0.15, -0.1) is 0 Å². The highest BCUT2D eigenvalue weighted by Crippen LogP contribution is 2.27. The predicted molar refractivity (Wildman–Crippen MR) is 136 cm³/mol. The number of hydrogen-bond donors (Lipinski definition) is 1. The molecule has 168 valence electrons. The van der Waals surface area contributed by atoms with E-state index >= 15 is 0 Å². The van der Waals surface area contributed by atoms with Crippen LogP contribution < -0.4 is 10.2 Å². The van der Waals surface area contributed by atoms with Crippen LogP contribution in [-0.2, 0) is 16.0 Å². The molecule has 3 aromatic carbocycles. The molecular weight excluding hydrogens is 430 g/mol. The van der Waals surface area contributed by atoms with Gasteiger partial charge in [0.2, 0.25) is 5.91 Å². The second kappa shape index (κ2) is 9.96. The number of amides is 2. The Balaban J connectivity index is 1.58. The zero-order chi connectivity index (χ0) is 23.4. The molecule has 1 aliphatic rings. The third-order valence-electron chi connectivity index (χ3n) is 5.81. The first-order chi connectivity index (χ1) is 15.9. The first-order valence-electron chi connectivity index (χ1n) is 11.0. The molecule has 1 aliphatic heterocycles. The lowest BCUT2D eigenvalue weighted by atomic mass is 10.1. The van der Waals surface area contributed by atoms with Crippen LogP contribution in [0.1, 0.15) is 23.1 Å². The average Bonchev–Trinajstić information content (AvgIpc) is 3.09. The van der Waals surface area contributed by atoms with Gasteiger partial charge in [0.05, 0.1) is 12.1 Å². The molecule has 1 N–H and O–H groups in total. The molecule has 1 saturated heterocycles. The Labute approximate surface area is 200 Å². The van der Waals surface area contributed by atoms with Gasteiger partial charge in [-0.1, -0.05) is 60.2 Å². The van der Waals surface area contributed by atoms with Crippen molar-refractivity contribution in [3.8, 4) is 0 Å². The summed E-state index contributed by atoms with van der Waals surface area (Å²) in [5, 5.41) is 3.71. The molecule has 1 unspecified atom stereocenters. The number of thiocarbonyl (C=S) groups is 1. The van der Waals surface area contributed by atoms with Gasteiger partial charge in [-0.3, -0.25) is 9.59 Å². The lowest BCUT2D eigenvalue weighted by Crippen LogP contribution is -2.48. The van der Waals surface area contributed by atoms with Gasteiger partial charge in [0.1, 0.15) is 6.04 Å². The van der Waals surface area contributed by atoms with Crippen LogP contribution in [0.15, 0.2) is 78.9 Å². The molecule has 1 fully saturated rings. The molecule has 0 saturated carbocycles. The fourth-order valence-electron chi connectivity index (χ4n) is 4.04. The van der Waals surface area contributed by atoms with Crippen LogP contribution in [0.2, 0.25) is 0 Å². The summed E-state index contributed by atoms with van der Waals surface area (Å²) in [4.78, 5) is 29.5. The van der Waals surface area contributed by atoms with Crippen molar-refractivity contribution in [1.82, 2.24) is 4.90 Å². The fraction of sp³-hybridized carbons (Fsp3) is 0.222. The summed E-state index contributed by atoms with van der Waals surface area (Å²) in [7, 11) is 0. The van der Waals surface area contributed by atoms with Gasteiger partial charge in [-0.2, -0.15) is 0 Å². The zero-order valence-electron chi connectivity index (χ0n) is 18.8. The van der Waals surface area contributed by atoms with Crippen LogP contribution in [0.4, 0.5) is 11.4 Å². The highest BCUT2D eigenvalue weighted by molar-refractivity contribution is 7.80. The second-order valence-corrected chi connectivity index (χ2v) is 8.74. The number of imide groups is 1. The number of anilines is 2. The number of hydrogen-bond acceptors (Lipinski definition) is 3. The first-order valence-corrected chi connectivity index (χ1v) is 11.4. The summed E-state index contributed by atoms with van der Waals surface area (Å²) in [5.74, 6) is -0.456. The maximum Gasteiger partial charge on any atom is 0.257 e. The molecular formula is C27H27N3O2S. The van der Waals surface area contributed by atoms with Crippen molar-refractivity contribution in [3.05, 3.63) is 95.6 Å². The largest absolute Gasteiger partial charge is 0.336 e. The van der Waals surface area contributed by atoms with Gasteiger partial charge in [0.25, 0.3) is 5.91 Å². The van der Waals surface area contributed by atoms with E-state index in [1.54, 1.807) is 0 Å². The van der Waals surface area contributed by atoms with Gasteiger partial charge < -0.3 is 10.2 Å². The van der Waals surface area contributed by atoms with Crippen molar-refractivity contribution in [1.29, 1.82) is 0 Å². The van der Waals surface area contributed by atoms with E-state index in [0.29, 0.717) is 23.8 Å². The SMILES string of the molecule is Cc1ccc(N2C(=O)CC(N(CCc3ccccc3)C(=S)Nc3cccc(C)c3)C2=O)cc1. The summed E-state index contributed by atoms with van der Waals surface area (Å²) in [6.45, 7) is 4.51. The molecule has 1 atom stereocenters. The number of carbonyl (C=O) groups is 2. The molecule has 2 amide bonds. The Hall–Kier alpha value is -3.51. The summed E-state index contributed by atoms with van der Waals surface area (Å²) >= 11 is 5.75. The predicted octanol–water partition coefficient (Wildman–Crippen LogP) is 4.88. The molecule has 3 aromatic rings. The van der Waals surface area contributed by atoms with E-state index in [1.807, 2.05) is 85.5 Å². The lowest BCUT2D eigenvalue weighted by molar-refractivity contribution is -0.122. The van der Waals surface area contributed by atoms with E-state index in [-0.39, 0.29) is 18.2 Å². The van der Waals surface area contributed by atoms with E-state index < -0.39 is 6.04 Å². The maximum atomic E-state index is 13.4. The van der Waals surface area contributed by atoms with Crippen molar-refractivity contribution in [2.45, 2.75) is 32.7 Å². The number of nitrogens with zero attached hydrogens (tertiary/aromatic N) is 2. The molecule has 0 aliphatic carbocycles. The van der Waals surface area contributed by atoms with Crippen LogP contribution in [-0.4, -0.2) is 34.4 Å². The van der Waals surface area contributed by atoms with Crippen molar-refractivity contribution >= 4 is 40.5 Å². The number of benzene rings is 3. The number of nitrogens with one attached hydrogen (secondary N) is 1. The molecule has 0 aromatic heterocycles. The smallest absolute Gasteiger partial charge is 0.257 e. The number of aryl methyl sites for hydroxylation is 2. The van der Waals surface area contributed by atoms with E-state index in [1.165, 1.54) is 4.90 Å². The highest BCUT2D eigenvalue weighted by Gasteiger charge is 2.43.